The van der Waals surface area contributed by atoms with Gasteiger partial charge in [-0.05, 0) is 55.8 Å². The Morgan fingerprint density at radius 1 is 1.03 bits per heavy atom. The van der Waals surface area contributed by atoms with Gasteiger partial charge < -0.3 is 4.74 Å². The number of fused-ring (bicyclic) bond motifs is 1. The van der Waals surface area contributed by atoms with E-state index in [-0.39, 0.29) is 28.1 Å². The van der Waals surface area contributed by atoms with Crippen molar-refractivity contribution in [3.05, 3.63) is 76.0 Å². The van der Waals surface area contributed by atoms with Crippen LogP contribution in [0.15, 0.2) is 54.6 Å². The van der Waals surface area contributed by atoms with Gasteiger partial charge >= 0.3 is 6.18 Å². The highest BCUT2D eigenvalue weighted by Crippen LogP contribution is 2.39. The van der Waals surface area contributed by atoms with E-state index in [1.54, 1.807) is 24.3 Å². The highest BCUT2D eigenvalue weighted by atomic mass is 19.4. The maximum absolute atomic E-state index is 14.1. The number of nitro benzene ring substituents is 1. The number of halogens is 3. The quantitative estimate of drug-likeness (QED) is 0.138. The summed E-state index contributed by atoms with van der Waals surface area (Å²) in [5.74, 6) is 0.638. The normalized spacial score (nSPS) is 11.7. The molecule has 0 unspecified atom stereocenters. The highest BCUT2D eigenvalue weighted by molar-refractivity contribution is 5.87. The number of pyridine rings is 1. The lowest BCUT2D eigenvalue weighted by atomic mass is 10.0. The second kappa shape index (κ2) is 10.3. The van der Waals surface area contributed by atoms with E-state index in [0.717, 1.165) is 31.7 Å². The number of hydrogen-bond donors (Lipinski definition) is 0. The van der Waals surface area contributed by atoms with Crippen LogP contribution in [-0.2, 0) is 6.18 Å². The molecule has 0 N–H and O–H groups in total. The molecule has 36 heavy (non-hydrogen) atoms. The monoisotopic (exact) mass is 498 g/mol. The van der Waals surface area contributed by atoms with Crippen LogP contribution in [0.5, 0.6) is 5.75 Å². The van der Waals surface area contributed by atoms with Gasteiger partial charge in [-0.1, -0.05) is 26.2 Å². The van der Waals surface area contributed by atoms with Crippen molar-refractivity contribution in [3.63, 3.8) is 0 Å². The Morgan fingerprint density at radius 3 is 2.33 bits per heavy atom. The van der Waals surface area contributed by atoms with Gasteiger partial charge in [0.05, 0.1) is 39.6 Å². The van der Waals surface area contributed by atoms with E-state index >= 15 is 0 Å². The lowest BCUT2D eigenvalue weighted by molar-refractivity contribution is -0.384. The number of nitro groups is 1. The van der Waals surface area contributed by atoms with Crippen molar-refractivity contribution in [3.8, 4) is 22.7 Å². The summed E-state index contributed by atoms with van der Waals surface area (Å²) in [5.41, 5.74) is 0.183. The van der Waals surface area contributed by atoms with E-state index in [9.17, 15) is 23.3 Å². The molecule has 0 aliphatic carbocycles. The molecular weight excluding hydrogens is 473 g/mol. The Labute approximate surface area is 205 Å². The molecule has 10 heteroatoms. The molecule has 0 bridgehead atoms. The van der Waals surface area contributed by atoms with Crippen molar-refractivity contribution in [2.45, 2.75) is 45.7 Å². The van der Waals surface area contributed by atoms with Crippen molar-refractivity contribution in [1.82, 2.24) is 14.8 Å². The molecule has 4 aromatic rings. The first-order valence-electron chi connectivity index (χ1n) is 11.6. The molecule has 7 nitrogen and oxygen atoms in total. The summed E-state index contributed by atoms with van der Waals surface area (Å²) in [7, 11) is 0. The molecule has 2 aromatic heterocycles. The number of ether oxygens (including phenoxy) is 1. The van der Waals surface area contributed by atoms with E-state index in [1.807, 2.05) is 0 Å². The number of alkyl halides is 3. The van der Waals surface area contributed by atoms with Crippen LogP contribution in [0.1, 0.15) is 43.9 Å². The zero-order valence-corrected chi connectivity index (χ0v) is 19.9. The number of benzene rings is 2. The average molecular weight is 499 g/mol. The maximum atomic E-state index is 14.1. The SMILES string of the molecule is CCCCCCOc1ccc(-c2cc(C(F)(F)F)c3c(C)nn(-c4ccc([N+](=O)[O-])cc4)c3n2)cc1. The molecule has 0 saturated carbocycles. The van der Waals surface area contributed by atoms with Crippen LogP contribution in [0, 0.1) is 17.0 Å². The molecule has 0 fully saturated rings. The first-order chi connectivity index (χ1) is 17.2. The summed E-state index contributed by atoms with van der Waals surface area (Å²) in [6.45, 7) is 4.19. The second-order valence-corrected chi connectivity index (χ2v) is 8.46. The zero-order chi connectivity index (χ0) is 25.9. The van der Waals surface area contributed by atoms with Crippen LogP contribution in [0.3, 0.4) is 0 Å². The Hall–Kier alpha value is -3.95. The molecule has 0 aliphatic heterocycles. The number of non-ortho nitro benzene ring substituents is 1. The van der Waals surface area contributed by atoms with Crippen molar-refractivity contribution < 1.29 is 22.8 Å². The van der Waals surface area contributed by atoms with E-state index in [1.165, 1.54) is 35.9 Å². The minimum atomic E-state index is -4.63. The molecule has 4 rings (SSSR count). The topological polar surface area (TPSA) is 83.1 Å². The highest BCUT2D eigenvalue weighted by Gasteiger charge is 2.36. The third-order valence-corrected chi connectivity index (χ3v) is 5.84. The number of rotatable bonds is 9. The molecule has 0 saturated heterocycles. The summed E-state index contributed by atoms with van der Waals surface area (Å²) in [4.78, 5) is 15.0. The number of aromatic nitrogens is 3. The molecule has 0 atom stereocenters. The summed E-state index contributed by atoms with van der Waals surface area (Å²) < 4.78 is 49.3. The Balaban J connectivity index is 1.74. The van der Waals surface area contributed by atoms with Gasteiger partial charge in [0.2, 0.25) is 0 Å². The summed E-state index contributed by atoms with van der Waals surface area (Å²) >= 11 is 0. The molecule has 2 heterocycles. The lowest BCUT2D eigenvalue weighted by Crippen LogP contribution is -2.08. The Morgan fingerprint density at radius 2 is 1.72 bits per heavy atom. The first kappa shape index (κ1) is 25.2. The molecular formula is C26H25F3N4O3. The standard InChI is InChI=1S/C26H25F3N4O3/c1-3-4-5-6-15-36-21-13-7-18(8-14-21)23-16-22(26(27,28)29)24-17(2)31-32(25(24)30-23)19-9-11-20(12-10-19)33(34)35/h7-14,16H,3-6,15H2,1-2H3. The van der Waals surface area contributed by atoms with Crippen LogP contribution >= 0.6 is 0 Å². The smallest absolute Gasteiger partial charge is 0.417 e. The molecule has 0 spiro atoms. The summed E-state index contributed by atoms with van der Waals surface area (Å²) in [5, 5.41) is 15.1. The fourth-order valence-electron chi connectivity index (χ4n) is 4.00. The predicted molar refractivity (Wildman–Crippen MR) is 130 cm³/mol. The van der Waals surface area contributed by atoms with E-state index in [4.69, 9.17) is 4.74 Å². The van der Waals surface area contributed by atoms with Gasteiger partial charge in [0.15, 0.2) is 5.65 Å². The largest absolute Gasteiger partial charge is 0.494 e. The van der Waals surface area contributed by atoms with E-state index < -0.39 is 16.7 Å². The van der Waals surface area contributed by atoms with Gasteiger partial charge in [0.25, 0.3) is 5.69 Å². The third-order valence-electron chi connectivity index (χ3n) is 5.84. The van der Waals surface area contributed by atoms with Crippen LogP contribution < -0.4 is 4.74 Å². The average Bonchev–Trinajstić information content (AvgIpc) is 3.19. The van der Waals surface area contributed by atoms with E-state index in [2.05, 4.69) is 17.0 Å². The van der Waals surface area contributed by atoms with Gasteiger partial charge in [0, 0.05) is 17.7 Å². The predicted octanol–water partition coefficient (Wildman–Crippen LogP) is 7.28. The summed E-state index contributed by atoms with van der Waals surface area (Å²) in [6.07, 6.45) is -0.330. The van der Waals surface area contributed by atoms with Gasteiger partial charge in [0.1, 0.15) is 5.75 Å². The van der Waals surface area contributed by atoms with Gasteiger partial charge in [-0.3, -0.25) is 10.1 Å². The molecule has 0 amide bonds. The van der Waals surface area contributed by atoms with Crippen molar-refractivity contribution in [1.29, 1.82) is 0 Å². The number of unbranched alkanes of at least 4 members (excludes halogenated alkanes) is 3. The molecule has 188 valence electrons. The Kier molecular flexibility index (Phi) is 7.23. The van der Waals surface area contributed by atoms with Crippen molar-refractivity contribution in [2.24, 2.45) is 0 Å². The molecule has 0 radical (unpaired) electrons. The van der Waals surface area contributed by atoms with Gasteiger partial charge in [-0.2, -0.15) is 18.3 Å². The van der Waals surface area contributed by atoms with Crippen molar-refractivity contribution >= 4 is 16.7 Å². The van der Waals surface area contributed by atoms with Crippen LogP contribution in [0.4, 0.5) is 18.9 Å². The summed E-state index contributed by atoms with van der Waals surface area (Å²) in [6, 6.07) is 13.2. The fourth-order valence-corrected chi connectivity index (χ4v) is 4.00. The lowest BCUT2D eigenvalue weighted by Gasteiger charge is -2.12. The second-order valence-electron chi connectivity index (χ2n) is 8.46. The minimum Gasteiger partial charge on any atom is -0.494 e. The van der Waals surface area contributed by atoms with E-state index in [0.29, 0.717) is 23.6 Å². The number of hydrogen-bond acceptors (Lipinski definition) is 5. The van der Waals surface area contributed by atoms with Crippen molar-refractivity contribution in [2.75, 3.05) is 6.61 Å². The van der Waals surface area contributed by atoms with Crippen LogP contribution in [0.2, 0.25) is 0 Å². The zero-order valence-electron chi connectivity index (χ0n) is 19.9. The fraction of sp³-hybridized carbons (Fsp3) is 0.308. The van der Waals surface area contributed by atoms with Gasteiger partial charge in [-0.15, -0.1) is 0 Å². The number of nitrogens with zero attached hydrogens (tertiary/aromatic N) is 4. The Bertz CT molecular complexity index is 1360. The molecule has 0 aliphatic rings. The number of aryl methyl sites for hydroxylation is 1. The van der Waals surface area contributed by atoms with Crippen LogP contribution in [-0.4, -0.2) is 26.3 Å². The van der Waals surface area contributed by atoms with Gasteiger partial charge in [-0.25, -0.2) is 9.67 Å². The minimum absolute atomic E-state index is 0.0161. The third kappa shape index (κ3) is 5.32. The van der Waals surface area contributed by atoms with Crippen LogP contribution in [0.25, 0.3) is 28.0 Å². The maximum Gasteiger partial charge on any atom is 0.417 e. The first-order valence-corrected chi connectivity index (χ1v) is 11.6. The molecule has 2 aromatic carbocycles.